The Morgan fingerprint density at radius 3 is 3.00 bits per heavy atom. The number of hydrogen-bond donors (Lipinski definition) is 2. The number of pyridine rings is 1. The van der Waals surface area contributed by atoms with Crippen molar-refractivity contribution in [2.24, 2.45) is 0 Å². The number of ether oxygens (including phenoxy) is 1. The molecule has 116 valence electrons. The standard InChI is InChI=1S/C15H16N2O4S/c1-10(15(19)20)17-22-9-12(18)8-21-14-4-2-3-11-7-16-6-5-13(11)14/h2-7,10,17H,8-9H2,1H3,(H,19,20)/t10-/m0/s1. The molecule has 22 heavy (non-hydrogen) atoms. The molecule has 0 saturated heterocycles. The number of nitrogens with one attached hydrogen (secondary N) is 1. The van der Waals surface area contributed by atoms with Crippen molar-refractivity contribution in [1.82, 2.24) is 9.71 Å². The van der Waals surface area contributed by atoms with E-state index in [4.69, 9.17) is 9.84 Å². The quantitative estimate of drug-likeness (QED) is 0.718. The Labute approximate surface area is 132 Å². The van der Waals surface area contributed by atoms with Crippen molar-refractivity contribution in [1.29, 1.82) is 0 Å². The van der Waals surface area contributed by atoms with Crippen LogP contribution in [0.15, 0.2) is 36.7 Å². The summed E-state index contributed by atoms with van der Waals surface area (Å²) in [5.74, 6) is -0.309. The molecule has 2 aromatic rings. The van der Waals surface area contributed by atoms with Gasteiger partial charge in [-0.15, -0.1) is 0 Å². The van der Waals surface area contributed by atoms with Gasteiger partial charge >= 0.3 is 5.97 Å². The third-order valence-electron chi connectivity index (χ3n) is 2.89. The third-order valence-corrected chi connectivity index (χ3v) is 3.88. The number of ketones is 1. The summed E-state index contributed by atoms with van der Waals surface area (Å²) in [6.45, 7) is 1.46. The number of carbonyl (C=O) groups is 2. The van der Waals surface area contributed by atoms with Crippen LogP contribution in [0.2, 0.25) is 0 Å². The Balaban J connectivity index is 1.84. The SMILES string of the molecule is C[C@H](NSCC(=O)COc1cccc2cnccc12)C(=O)O. The van der Waals surface area contributed by atoms with E-state index in [9.17, 15) is 9.59 Å². The summed E-state index contributed by atoms with van der Waals surface area (Å²) in [6.07, 6.45) is 3.40. The summed E-state index contributed by atoms with van der Waals surface area (Å²) in [7, 11) is 0. The molecule has 0 aliphatic rings. The van der Waals surface area contributed by atoms with Crippen LogP contribution < -0.4 is 9.46 Å². The summed E-state index contributed by atoms with van der Waals surface area (Å²) in [4.78, 5) is 26.4. The third kappa shape index (κ3) is 4.44. The van der Waals surface area contributed by atoms with Gasteiger partial charge in [-0.3, -0.25) is 14.6 Å². The van der Waals surface area contributed by atoms with Crippen molar-refractivity contribution in [3.63, 3.8) is 0 Å². The zero-order valence-electron chi connectivity index (χ0n) is 12.0. The number of nitrogens with zero attached hydrogens (tertiary/aromatic N) is 1. The minimum absolute atomic E-state index is 0.0580. The minimum atomic E-state index is -0.958. The van der Waals surface area contributed by atoms with E-state index in [1.165, 1.54) is 6.92 Å². The van der Waals surface area contributed by atoms with Crippen molar-refractivity contribution in [3.8, 4) is 5.75 Å². The number of aliphatic carboxylic acids is 1. The predicted molar refractivity (Wildman–Crippen MR) is 84.9 cm³/mol. The number of fused-ring (bicyclic) bond motifs is 1. The Hall–Kier alpha value is -2.12. The van der Waals surface area contributed by atoms with Gasteiger partial charge in [0.15, 0.2) is 5.78 Å². The molecule has 0 fully saturated rings. The summed E-state index contributed by atoms with van der Waals surface area (Å²) >= 11 is 1.07. The second-order valence-electron chi connectivity index (χ2n) is 4.65. The van der Waals surface area contributed by atoms with E-state index >= 15 is 0 Å². The maximum Gasteiger partial charge on any atom is 0.321 e. The van der Waals surface area contributed by atoms with Crippen LogP contribution >= 0.6 is 11.9 Å². The molecule has 1 aromatic heterocycles. The lowest BCUT2D eigenvalue weighted by Crippen LogP contribution is -2.30. The molecular weight excluding hydrogens is 304 g/mol. The van der Waals surface area contributed by atoms with Gasteiger partial charge in [0.05, 0.1) is 5.75 Å². The van der Waals surface area contributed by atoms with Crippen LogP contribution in [0.25, 0.3) is 10.8 Å². The lowest BCUT2D eigenvalue weighted by Gasteiger charge is -2.09. The second kappa shape index (κ2) is 7.77. The molecule has 0 bridgehead atoms. The van der Waals surface area contributed by atoms with Crippen molar-refractivity contribution < 1.29 is 19.4 Å². The van der Waals surface area contributed by atoms with Crippen LogP contribution in [0.4, 0.5) is 0 Å². The highest BCUT2D eigenvalue weighted by molar-refractivity contribution is 7.98. The van der Waals surface area contributed by atoms with E-state index in [0.29, 0.717) is 5.75 Å². The fourth-order valence-corrected chi connectivity index (χ4v) is 2.39. The van der Waals surface area contributed by atoms with E-state index in [1.807, 2.05) is 18.2 Å². The lowest BCUT2D eigenvalue weighted by atomic mass is 10.1. The van der Waals surface area contributed by atoms with Gasteiger partial charge in [0, 0.05) is 23.2 Å². The van der Waals surface area contributed by atoms with Gasteiger partial charge in [0.2, 0.25) is 0 Å². The van der Waals surface area contributed by atoms with Crippen molar-refractivity contribution >= 4 is 34.5 Å². The molecule has 1 aromatic carbocycles. The average Bonchev–Trinajstić information content (AvgIpc) is 2.52. The molecule has 0 unspecified atom stereocenters. The Kier molecular flexibility index (Phi) is 5.74. The first-order valence-corrected chi connectivity index (χ1v) is 7.64. The van der Waals surface area contributed by atoms with Gasteiger partial charge in [-0.2, -0.15) is 0 Å². The van der Waals surface area contributed by atoms with E-state index in [1.54, 1.807) is 18.5 Å². The van der Waals surface area contributed by atoms with Gasteiger partial charge in [-0.25, -0.2) is 4.72 Å². The first-order valence-electron chi connectivity index (χ1n) is 6.65. The molecule has 7 heteroatoms. The van der Waals surface area contributed by atoms with Crippen molar-refractivity contribution in [2.45, 2.75) is 13.0 Å². The summed E-state index contributed by atoms with van der Waals surface area (Å²) in [5, 5.41) is 10.6. The highest BCUT2D eigenvalue weighted by Crippen LogP contribution is 2.24. The molecule has 6 nitrogen and oxygen atoms in total. The van der Waals surface area contributed by atoms with E-state index < -0.39 is 12.0 Å². The Morgan fingerprint density at radius 1 is 1.41 bits per heavy atom. The average molecular weight is 320 g/mol. The molecule has 0 aliphatic heterocycles. The van der Waals surface area contributed by atoms with Crippen molar-refractivity contribution in [3.05, 3.63) is 36.7 Å². The molecule has 0 spiro atoms. The van der Waals surface area contributed by atoms with Crippen molar-refractivity contribution in [2.75, 3.05) is 12.4 Å². The number of carboxylic acid groups (broad SMARTS) is 1. The zero-order chi connectivity index (χ0) is 15.9. The molecule has 0 saturated carbocycles. The maximum atomic E-state index is 11.8. The summed E-state index contributed by atoms with van der Waals surface area (Å²) in [6, 6.07) is 6.69. The first-order chi connectivity index (χ1) is 10.6. The lowest BCUT2D eigenvalue weighted by molar-refractivity contribution is -0.138. The normalized spacial score (nSPS) is 12.0. The molecule has 2 rings (SSSR count). The van der Waals surface area contributed by atoms with E-state index in [0.717, 1.165) is 22.7 Å². The van der Waals surface area contributed by atoms with E-state index in [2.05, 4.69) is 9.71 Å². The first kappa shape index (κ1) is 16.3. The van der Waals surface area contributed by atoms with Crippen LogP contribution in [-0.2, 0) is 9.59 Å². The minimum Gasteiger partial charge on any atom is -0.485 e. The largest absolute Gasteiger partial charge is 0.485 e. The smallest absolute Gasteiger partial charge is 0.321 e. The van der Waals surface area contributed by atoms with Crippen LogP contribution in [0.1, 0.15) is 6.92 Å². The number of rotatable bonds is 8. The van der Waals surface area contributed by atoms with Gasteiger partial charge in [-0.05, 0) is 19.1 Å². The number of carbonyl (C=O) groups excluding carboxylic acids is 1. The van der Waals surface area contributed by atoms with Crippen LogP contribution in [0, 0.1) is 0 Å². The molecule has 2 N–H and O–H groups in total. The van der Waals surface area contributed by atoms with Crippen LogP contribution in [0.3, 0.4) is 0 Å². The Bertz CT molecular complexity index is 672. The maximum absolute atomic E-state index is 11.8. The molecule has 0 radical (unpaired) electrons. The highest BCUT2D eigenvalue weighted by atomic mass is 32.2. The predicted octanol–water partition coefficient (Wildman–Crippen LogP) is 1.89. The molecule has 0 amide bonds. The number of benzene rings is 1. The molecule has 0 aliphatic carbocycles. The molecule has 1 heterocycles. The van der Waals surface area contributed by atoms with Gasteiger partial charge in [0.25, 0.3) is 0 Å². The van der Waals surface area contributed by atoms with Gasteiger partial charge in [0.1, 0.15) is 18.4 Å². The number of hydrogen-bond acceptors (Lipinski definition) is 6. The van der Waals surface area contributed by atoms with Gasteiger partial charge < -0.3 is 9.84 Å². The monoisotopic (exact) mass is 320 g/mol. The molecule has 1 atom stereocenters. The fraction of sp³-hybridized carbons (Fsp3) is 0.267. The Morgan fingerprint density at radius 2 is 2.23 bits per heavy atom. The number of carboxylic acids is 1. The van der Waals surface area contributed by atoms with Crippen LogP contribution in [-0.4, -0.2) is 40.2 Å². The topological polar surface area (TPSA) is 88.5 Å². The number of aromatic nitrogens is 1. The van der Waals surface area contributed by atoms with Crippen LogP contribution in [0.5, 0.6) is 5.75 Å². The molecular formula is C15H16N2O4S. The summed E-state index contributed by atoms with van der Waals surface area (Å²) < 4.78 is 8.22. The fourth-order valence-electron chi connectivity index (χ4n) is 1.72. The second-order valence-corrected chi connectivity index (χ2v) is 5.46. The summed E-state index contributed by atoms with van der Waals surface area (Å²) in [5.41, 5.74) is 0. The number of Topliss-reactive ketones (excluding diaryl/α,β-unsaturated/α-hetero) is 1. The zero-order valence-corrected chi connectivity index (χ0v) is 12.8. The van der Waals surface area contributed by atoms with E-state index in [-0.39, 0.29) is 18.1 Å². The van der Waals surface area contributed by atoms with Gasteiger partial charge in [-0.1, -0.05) is 24.1 Å². The highest BCUT2D eigenvalue weighted by Gasteiger charge is 2.11.